The molecular weight excluding hydrogens is 404 g/mol. The Labute approximate surface area is 177 Å². The lowest BCUT2D eigenvalue weighted by Crippen LogP contribution is -2.48. The number of carbonyl (C=O) groups excluding carboxylic acids is 1. The molecule has 4 rings (SSSR count). The van der Waals surface area contributed by atoms with Crippen LogP contribution in [0.4, 0.5) is 0 Å². The summed E-state index contributed by atoms with van der Waals surface area (Å²) in [6.45, 7) is 6.01. The molecule has 2 heterocycles. The van der Waals surface area contributed by atoms with Gasteiger partial charge in [0.15, 0.2) is 5.82 Å². The second kappa shape index (κ2) is 7.77. The Hall–Kier alpha value is -2.26. The van der Waals surface area contributed by atoms with Gasteiger partial charge in [0.1, 0.15) is 0 Å². The average molecular weight is 433 g/mol. The van der Waals surface area contributed by atoms with Crippen molar-refractivity contribution in [2.75, 3.05) is 13.1 Å². The fourth-order valence-corrected chi connectivity index (χ4v) is 5.76. The molecule has 1 aromatic heterocycles. The molecule has 8 nitrogen and oxygen atoms in total. The number of rotatable bonds is 5. The topological polar surface area (TPSA) is 105 Å². The van der Waals surface area contributed by atoms with Crippen LogP contribution in [0, 0.1) is 12.8 Å². The van der Waals surface area contributed by atoms with Gasteiger partial charge in [-0.25, -0.2) is 8.42 Å². The summed E-state index contributed by atoms with van der Waals surface area (Å²) in [6, 6.07) is 5.48. The zero-order valence-corrected chi connectivity index (χ0v) is 18.5. The van der Waals surface area contributed by atoms with Crippen molar-refractivity contribution in [3.8, 4) is 0 Å². The normalized spacial score (nSPS) is 18.4. The summed E-state index contributed by atoms with van der Waals surface area (Å²) in [5.41, 5.74) is 1.63. The Bertz CT molecular complexity index is 1050. The van der Waals surface area contributed by atoms with Crippen LogP contribution < -0.4 is 5.32 Å². The molecule has 0 spiro atoms. The maximum atomic E-state index is 13.1. The van der Waals surface area contributed by atoms with Gasteiger partial charge in [0.25, 0.3) is 0 Å². The molecular formula is C21H28N4O4S. The molecule has 30 heavy (non-hydrogen) atoms. The summed E-state index contributed by atoms with van der Waals surface area (Å²) in [6.07, 6.45) is 4.01. The molecule has 1 amide bonds. The van der Waals surface area contributed by atoms with Crippen molar-refractivity contribution in [1.82, 2.24) is 19.8 Å². The molecule has 0 bridgehead atoms. The fourth-order valence-electron chi connectivity index (χ4n) is 4.24. The zero-order chi connectivity index (χ0) is 21.5. The molecule has 0 saturated carbocycles. The lowest BCUT2D eigenvalue weighted by atomic mass is 9.95. The Morgan fingerprint density at radius 1 is 1.20 bits per heavy atom. The van der Waals surface area contributed by atoms with E-state index >= 15 is 0 Å². The smallest absolute Gasteiger partial charge is 0.243 e. The molecule has 1 aromatic carbocycles. The minimum atomic E-state index is -3.54. The number of hydrogen-bond donors (Lipinski definition) is 1. The SMILES string of the molecule is Cc1nc(C(C)(C)NC(=O)C2CCN(S(=O)(=O)c3ccc4c(c3)CCC4)CC2)no1. The number of aryl methyl sites for hydroxylation is 3. The number of nitrogens with one attached hydrogen (secondary N) is 1. The zero-order valence-electron chi connectivity index (χ0n) is 17.6. The second-order valence-corrected chi connectivity index (χ2v) is 10.7. The predicted molar refractivity (Wildman–Crippen MR) is 110 cm³/mol. The number of nitrogens with zero attached hydrogens (tertiary/aromatic N) is 3. The molecule has 1 N–H and O–H groups in total. The van der Waals surface area contributed by atoms with Gasteiger partial charge in [0, 0.05) is 25.9 Å². The highest BCUT2D eigenvalue weighted by Gasteiger charge is 2.35. The number of carbonyl (C=O) groups is 1. The molecule has 1 aliphatic heterocycles. The first-order valence-electron chi connectivity index (χ1n) is 10.4. The van der Waals surface area contributed by atoms with Crippen LogP contribution in [-0.2, 0) is 33.2 Å². The summed E-state index contributed by atoms with van der Waals surface area (Å²) >= 11 is 0. The Kier molecular flexibility index (Phi) is 5.44. The van der Waals surface area contributed by atoms with Crippen LogP contribution in [0.3, 0.4) is 0 Å². The molecule has 1 aliphatic carbocycles. The minimum absolute atomic E-state index is 0.114. The van der Waals surface area contributed by atoms with E-state index in [9.17, 15) is 13.2 Å². The van der Waals surface area contributed by atoms with E-state index in [0.29, 0.717) is 42.5 Å². The average Bonchev–Trinajstić information content (AvgIpc) is 3.36. The van der Waals surface area contributed by atoms with Gasteiger partial charge >= 0.3 is 0 Å². The molecule has 0 unspecified atom stereocenters. The van der Waals surface area contributed by atoms with E-state index in [1.165, 1.54) is 9.87 Å². The molecule has 2 aromatic rings. The summed E-state index contributed by atoms with van der Waals surface area (Å²) < 4.78 is 32.7. The molecule has 0 atom stereocenters. The van der Waals surface area contributed by atoms with Crippen molar-refractivity contribution in [2.24, 2.45) is 5.92 Å². The third-order valence-corrected chi connectivity index (χ3v) is 7.95. The number of benzene rings is 1. The summed E-state index contributed by atoms with van der Waals surface area (Å²) in [5, 5.41) is 6.88. The first-order valence-corrected chi connectivity index (χ1v) is 11.9. The van der Waals surface area contributed by atoms with E-state index in [1.54, 1.807) is 13.0 Å². The van der Waals surface area contributed by atoms with E-state index < -0.39 is 15.6 Å². The van der Waals surface area contributed by atoms with Gasteiger partial charge in [-0.1, -0.05) is 11.2 Å². The molecule has 1 saturated heterocycles. The summed E-state index contributed by atoms with van der Waals surface area (Å²) in [7, 11) is -3.54. The van der Waals surface area contributed by atoms with E-state index in [4.69, 9.17) is 4.52 Å². The largest absolute Gasteiger partial charge is 0.344 e. The Morgan fingerprint density at radius 3 is 2.57 bits per heavy atom. The van der Waals surface area contributed by atoms with E-state index in [1.807, 2.05) is 26.0 Å². The molecule has 162 valence electrons. The Morgan fingerprint density at radius 2 is 1.90 bits per heavy atom. The second-order valence-electron chi connectivity index (χ2n) is 8.71. The van der Waals surface area contributed by atoms with Crippen LogP contribution in [0.25, 0.3) is 0 Å². The van der Waals surface area contributed by atoms with Gasteiger partial charge in [0.05, 0.1) is 10.4 Å². The first kappa shape index (κ1) is 21.0. The third-order valence-electron chi connectivity index (χ3n) is 6.05. The number of piperidine rings is 1. The van der Waals surface area contributed by atoms with E-state index in [2.05, 4.69) is 15.5 Å². The molecule has 0 radical (unpaired) electrons. The summed E-state index contributed by atoms with van der Waals surface area (Å²) in [5.74, 6) is 0.503. The first-order chi connectivity index (χ1) is 14.2. The highest BCUT2D eigenvalue weighted by Crippen LogP contribution is 2.29. The molecule has 9 heteroatoms. The highest BCUT2D eigenvalue weighted by atomic mass is 32.2. The monoisotopic (exact) mass is 432 g/mol. The predicted octanol–water partition coefficient (Wildman–Crippen LogP) is 2.32. The lowest BCUT2D eigenvalue weighted by molar-refractivity contribution is -0.128. The van der Waals surface area contributed by atoms with E-state index in [0.717, 1.165) is 24.8 Å². The quantitative estimate of drug-likeness (QED) is 0.777. The molecule has 1 fully saturated rings. The van der Waals surface area contributed by atoms with Crippen molar-refractivity contribution in [3.63, 3.8) is 0 Å². The number of aromatic nitrogens is 2. The van der Waals surface area contributed by atoms with Crippen molar-refractivity contribution in [2.45, 2.75) is 63.3 Å². The third kappa shape index (κ3) is 4.00. The van der Waals surface area contributed by atoms with Gasteiger partial charge in [-0.15, -0.1) is 0 Å². The van der Waals surface area contributed by atoms with Gasteiger partial charge in [-0.2, -0.15) is 9.29 Å². The number of fused-ring (bicyclic) bond motifs is 1. The van der Waals surface area contributed by atoms with Crippen LogP contribution >= 0.6 is 0 Å². The lowest BCUT2D eigenvalue weighted by Gasteiger charge is -2.32. The maximum Gasteiger partial charge on any atom is 0.243 e. The summed E-state index contributed by atoms with van der Waals surface area (Å²) in [4.78, 5) is 17.3. The highest BCUT2D eigenvalue weighted by molar-refractivity contribution is 7.89. The Balaban J connectivity index is 1.39. The number of amides is 1. The van der Waals surface area contributed by atoms with Crippen LogP contribution in [0.5, 0.6) is 0 Å². The van der Waals surface area contributed by atoms with E-state index in [-0.39, 0.29) is 11.8 Å². The standard InChI is InChI=1S/C21H28N4O4S/c1-14-22-20(24-29-14)21(2,3)23-19(26)16-9-11-25(12-10-16)30(27,28)18-8-7-15-5-4-6-17(15)13-18/h7-8,13,16H,4-6,9-12H2,1-3H3,(H,23,26). The van der Waals surface area contributed by atoms with Gasteiger partial charge in [0.2, 0.25) is 21.8 Å². The van der Waals surface area contributed by atoms with Crippen molar-refractivity contribution < 1.29 is 17.7 Å². The fraction of sp³-hybridized carbons (Fsp3) is 0.571. The minimum Gasteiger partial charge on any atom is -0.344 e. The van der Waals surface area contributed by atoms with Gasteiger partial charge in [-0.05, 0) is 69.2 Å². The number of sulfonamides is 1. The van der Waals surface area contributed by atoms with Crippen molar-refractivity contribution in [1.29, 1.82) is 0 Å². The van der Waals surface area contributed by atoms with Crippen molar-refractivity contribution in [3.05, 3.63) is 41.0 Å². The van der Waals surface area contributed by atoms with Gasteiger partial charge < -0.3 is 9.84 Å². The van der Waals surface area contributed by atoms with Crippen molar-refractivity contribution >= 4 is 15.9 Å². The van der Waals surface area contributed by atoms with Crippen LogP contribution in [-0.4, -0.2) is 41.9 Å². The van der Waals surface area contributed by atoms with Crippen LogP contribution in [0.2, 0.25) is 0 Å². The van der Waals surface area contributed by atoms with Gasteiger partial charge in [-0.3, -0.25) is 4.79 Å². The maximum absolute atomic E-state index is 13.1. The molecule has 2 aliphatic rings. The van der Waals surface area contributed by atoms with Crippen LogP contribution in [0.15, 0.2) is 27.6 Å². The number of hydrogen-bond acceptors (Lipinski definition) is 6. The van der Waals surface area contributed by atoms with Crippen LogP contribution in [0.1, 0.15) is 56.0 Å².